The number of nitrogens with one attached hydrogen (secondary N) is 2. The van der Waals surface area contributed by atoms with E-state index in [0.717, 1.165) is 5.76 Å². The van der Waals surface area contributed by atoms with Gasteiger partial charge in [-0.25, -0.2) is 4.98 Å². The van der Waals surface area contributed by atoms with Crippen LogP contribution in [0.15, 0.2) is 10.6 Å². The summed E-state index contributed by atoms with van der Waals surface area (Å²) in [7, 11) is 0. The summed E-state index contributed by atoms with van der Waals surface area (Å²) < 4.78 is 10.4. The third-order valence-electron chi connectivity index (χ3n) is 2.32. The highest BCUT2D eigenvalue weighted by Gasteiger charge is 2.20. The molecule has 2 N–H and O–H groups in total. The summed E-state index contributed by atoms with van der Waals surface area (Å²) in [6.07, 6.45) is 1.63. The number of carbonyl (C=O) groups is 1. The van der Waals surface area contributed by atoms with E-state index >= 15 is 0 Å². The summed E-state index contributed by atoms with van der Waals surface area (Å²) in [5.41, 5.74) is 0. The predicted molar refractivity (Wildman–Crippen MR) is 55.7 cm³/mol. The van der Waals surface area contributed by atoms with Crippen molar-refractivity contribution in [3.63, 3.8) is 0 Å². The molecule has 1 aliphatic rings. The zero-order chi connectivity index (χ0) is 11.4. The molecule has 1 aliphatic heterocycles. The maximum Gasteiger partial charge on any atom is 0.239 e. The number of amides is 1. The van der Waals surface area contributed by atoms with Crippen molar-refractivity contribution in [2.75, 3.05) is 19.8 Å². The maximum atomic E-state index is 11.7. The average Bonchev–Trinajstić information content (AvgIpc) is 2.73. The molecular weight excluding hydrogens is 210 g/mol. The van der Waals surface area contributed by atoms with E-state index in [1.165, 1.54) is 0 Å². The van der Waals surface area contributed by atoms with Crippen LogP contribution >= 0.6 is 0 Å². The number of nitrogens with zero attached hydrogens (tertiary/aromatic N) is 1. The number of ether oxygens (including phenoxy) is 1. The minimum atomic E-state index is -0.273. The second-order valence-corrected chi connectivity index (χ2v) is 3.66. The molecule has 16 heavy (non-hydrogen) atoms. The molecule has 1 saturated heterocycles. The van der Waals surface area contributed by atoms with Crippen molar-refractivity contribution >= 4 is 5.91 Å². The molecule has 1 fully saturated rings. The van der Waals surface area contributed by atoms with Gasteiger partial charge in [0.25, 0.3) is 0 Å². The first kappa shape index (κ1) is 11.1. The van der Waals surface area contributed by atoms with Gasteiger partial charge < -0.3 is 19.8 Å². The third kappa shape index (κ3) is 2.80. The highest BCUT2D eigenvalue weighted by molar-refractivity contribution is 5.81. The first-order chi connectivity index (χ1) is 7.75. The number of aryl methyl sites for hydroxylation is 1. The molecule has 2 rings (SSSR count). The molecule has 6 heteroatoms. The molecular formula is C10H15N3O3. The molecule has 0 radical (unpaired) electrons. The Hall–Kier alpha value is -1.40. The fourth-order valence-corrected chi connectivity index (χ4v) is 1.50. The molecule has 0 aliphatic carbocycles. The van der Waals surface area contributed by atoms with Gasteiger partial charge >= 0.3 is 0 Å². The van der Waals surface area contributed by atoms with Gasteiger partial charge in [0.1, 0.15) is 11.8 Å². The topological polar surface area (TPSA) is 76.4 Å². The van der Waals surface area contributed by atoms with Crippen molar-refractivity contribution in [2.45, 2.75) is 19.5 Å². The number of hydrogen-bond acceptors (Lipinski definition) is 5. The van der Waals surface area contributed by atoms with Crippen LogP contribution in [0, 0.1) is 6.92 Å². The molecule has 88 valence electrons. The van der Waals surface area contributed by atoms with E-state index in [1.54, 1.807) is 6.20 Å². The van der Waals surface area contributed by atoms with E-state index in [2.05, 4.69) is 15.6 Å². The van der Waals surface area contributed by atoms with Crippen molar-refractivity contribution in [3.05, 3.63) is 17.8 Å². The number of hydrogen-bond donors (Lipinski definition) is 2. The molecule has 0 aromatic carbocycles. The molecule has 0 bridgehead atoms. The largest absolute Gasteiger partial charge is 0.444 e. The summed E-state index contributed by atoms with van der Waals surface area (Å²) >= 11 is 0. The van der Waals surface area contributed by atoms with E-state index in [9.17, 15) is 4.79 Å². The second kappa shape index (κ2) is 5.09. The van der Waals surface area contributed by atoms with Crippen LogP contribution in [0.4, 0.5) is 0 Å². The van der Waals surface area contributed by atoms with Gasteiger partial charge in [0.2, 0.25) is 11.8 Å². The number of rotatable bonds is 3. The second-order valence-electron chi connectivity index (χ2n) is 3.66. The maximum absolute atomic E-state index is 11.7. The molecule has 1 aromatic rings. The molecule has 1 aromatic heterocycles. The van der Waals surface area contributed by atoms with E-state index in [0.29, 0.717) is 32.2 Å². The normalized spacial score (nSPS) is 20.7. The van der Waals surface area contributed by atoms with Gasteiger partial charge in [0, 0.05) is 6.54 Å². The van der Waals surface area contributed by atoms with E-state index in [-0.39, 0.29) is 11.9 Å². The molecule has 1 unspecified atom stereocenters. The summed E-state index contributed by atoms with van der Waals surface area (Å²) in [4.78, 5) is 15.7. The van der Waals surface area contributed by atoms with Crippen molar-refractivity contribution < 1.29 is 13.9 Å². The smallest absolute Gasteiger partial charge is 0.239 e. The summed E-state index contributed by atoms with van der Waals surface area (Å²) in [5.74, 6) is 1.17. The Balaban J connectivity index is 1.78. The van der Waals surface area contributed by atoms with Gasteiger partial charge in [-0.3, -0.25) is 4.79 Å². The predicted octanol–water partition coefficient (Wildman–Crippen LogP) is -0.412. The quantitative estimate of drug-likeness (QED) is 0.731. The fourth-order valence-electron chi connectivity index (χ4n) is 1.50. The Kier molecular flexibility index (Phi) is 3.53. The van der Waals surface area contributed by atoms with E-state index < -0.39 is 0 Å². The van der Waals surface area contributed by atoms with Crippen molar-refractivity contribution in [3.8, 4) is 0 Å². The monoisotopic (exact) mass is 225 g/mol. The Morgan fingerprint density at radius 3 is 3.25 bits per heavy atom. The molecule has 0 spiro atoms. The van der Waals surface area contributed by atoms with Crippen LogP contribution in [0.1, 0.15) is 11.7 Å². The molecule has 1 atom stereocenters. The molecule has 2 heterocycles. The molecule has 6 nitrogen and oxygen atoms in total. The van der Waals surface area contributed by atoms with Gasteiger partial charge in [-0.1, -0.05) is 0 Å². The van der Waals surface area contributed by atoms with Gasteiger partial charge in [-0.2, -0.15) is 0 Å². The lowest BCUT2D eigenvalue weighted by Crippen LogP contribution is -2.51. The zero-order valence-corrected chi connectivity index (χ0v) is 9.16. The van der Waals surface area contributed by atoms with Crippen molar-refractivity contribution in [1.82, 2.24) is 15.6 Å². The molecule has 1 amide bonds. The van der Waals surface area contributed by atoms with Gasteiger partial charge in [0.15, 0.2) is 0 Å². The Bertz CT molecular complexity index is 358. The summed E-state index contributed by atoms with van der Waals surface area (Å²) in [5, 5.41) is 5.82. The van der Waals surface area contributed by atoms with Crippen molar-refractivity contribution in [1.29, 1.82) is 0 Å². The van der Waals surface area contributed by atoms with Crippen LogP contribution in [0.2, 0.25) is 0 Å². The highest BCUT2D eigenvalue weighted by atomic mass is 16.5. The van der Waals surface area contributed by atoms with Gasteiger partial charge in [-0.05, 0) is 6.92 Å². The lowest BCUT2D eigenvalue weighted by molar-refractivity contribution is -0.126. The standard InChI is InChI=1S/C10H15N3O3/c1-7-4-12-9(16-7)5-13-10(14)8-6-15-3-2-11-8/h4,8,11H,2-3,5-6H2,1H3,(H,13,14). The average molecular weight is 225 g/mol. The fraction of sp³-hybridized carbons (Fsp3) is 0.600. The Morgan fingerprint density at radius 1 is 1.75 bits per heavy atom. The summed E-state index contributed by atoms with van der Waals surface area (Å²) in [6.45, 7) is 3.90. The first-order valence-electron chi connectivity index (χ1n) is 5.26. The number of aromatic nitrogens is 1. The molecule has 0 saturated carbocycles. The SMILES string of the molecule is Cc1cnc(CNC(=O)C2COCCN2)o1. The Morgan fingerprint density at radius 2 is 2.62 bits per heavy atom. The summed E-state index contributed by atoms with van der Waals surface area (Å²) in [6, 6.07) is -0.273. The van der Waals surface area contributed by atoms with E-state index in [1.807, 2.05) is 6.92 Å². The van der Waals surface area contributed by atoms with Crippen LogP contribution < -0.4 is 10.6 Å². The number of morpholine rings is 1. The van der Waals surface area contributed by atoms with Crippen LogP contribution in [-0.4, -0.2) is 36.7 Å². The van der Waals surface area contributed by atoms with Crippen LogP contribution in [-0.2, 0) is 16.1 Å². The minimum absolute atomic E-state index is 0.0875. The Labute approximate surface area is 93.4 Å². The van der Waals surface area contributed by atoms with E-state index in [4.69, 9.17) is 9.15 Å². The van der Waals surface area contributed by atoms with Gasteiger partial charge in [0.05, 0.1) is 26.0 Å². The highest BCUT2D eigenvalue weighted by Crippen LogP contribution is 2.01. The number of oxazole rings is 1. The van der Waals surface area contributed by atoms with Crippen LogP contribution in [0.3, 0.4) is 0 Å². The lowest BCUT2D eigenvalue weighted by Gasteiger charge is -2.22. The number of carbonyl (C=O) groups excluding carboxylic acids is 1. The zero-order valence-electron chi connectivity index (χ0n) is 9.16. The van der Waals surface area contributed by atoms with Crippen LogP contribution in [0.5, 0.6) is 0 Å². The minimum Gasteiger partial charge on any atom is -0.444 e. The third-order valence-corrected chi connectivity index (χ3v) is 2.32. The first-order valence-corrected chi connectivity index (χ1v) is 5.26. The van der Waals surface area contributed by atoms with Crippen LogP contribution in [0.25, 0.3) is 0 Å². The van der Waals surface area contributed by atoms with Gasteiger partial charge in [-0.15, -0.1) is 0 Å². The lowest BCUT2D eigenvalue weighted by atomic mass is 10.2. The van der Waals surface area contributed by atoms with Crippen molar-refractivity contribution in [2.24, 2.45) is 0 Å².